The molecule has 2 N–H and O–H groups in total. The molecule has 2 aromatic rings. The van der Waals surface area contributed by atoms with Crippen molar-refractivity contribution in [3.8, 4) is 0 Å². The number of hydrazone groups is 1. The fraction of sp³-hybridized carbons (Fsp3) is 0.0769. The summed E-state index contributed by atoms with van der Waals surface area (Å²) >= 11 is 9.15. The molecule has 0 unspecified atom stereocenters. The lowest BCUT2D eigenvalue weighted by molar-refractivity contribution is 0.0950. The molecule has 0 saturated heterocycles. The largest absolute Gasteiger partial charge is 0.356 e. The Balaban J connectivity index is 2.13. The lowest BCUT2D eigenvalue weighted by Gasteiger charge is -2.04. The second-order valence-electron chi connectivity index (χ2n) is 3.99. The van der Waals surface area contributed by atoms with Crippen molar-refractivity contribution in [2.75, 3.05) is 0 Å². The number of nitrogens with zero attached hydrogens (tertiary/aromatic N) is 1. The Hall–Kier alpha value is -1.66. The van der Waals surface area contributed by atoms with Gasteiger partial charge in [-0.25, -0.2) is 9.82 Å². The standard InChI is InChI=1S/C13H10BrClFN3O/c1-7(10-3-2-9(16)5-11(10)15)18-19-13(20)12-4-8(14)6-17-12/h2-6,17H,1H3,(H,19,20)/b18-7-. The zero-order valence-corrected chi connectivity index (χ0v) is 12.7. The number of carbonyl (C=O) groups is 1. The fourth-order valence-electron chi connectivity index (χ4n) is 1.54. The van der Waals surface area contributed by atoms with Gasteiger partial charge in [-0.2, -0.15) is 5.10 Å². The van der Waals surface area contributed by atoms with Crippen LogP contribution in [0.3, 0.4) is 0 Å². The first-order chi connectivity index (χ1) is 9.47. The number of rotatable bonds is 3. The lowest BCUT2D eigenvalue weighted by Crippen LogP contribution is -2.19. The van der Waals surface area contributed by atoms with Crippen molar-refractivity contribution in [1.82, 2.24) is 10.4 Å². The number of nitrogens with one attached hydrogen (secondary N) is 2. The van der Waals surface area contributed by atoms with E-state index in [1.54, 1.807) is 19.2 Å². The summed E-state index contributed by atoms with van der Waals surface area (Å²) in [4.78, 5) is 14.6. The van der Waals surface area contributed by atoms with E-state index in [-0.39, 0.29) is 10.9 Å². The summed E-state index contributed by atoms with van der Waals surface area (Å²) in [5.41, 5.74) is 3.81. The van der Waals surface area contributed by atoms with Gasteiger partial charge in [-0.1, -0.05) is 11.6 Å². The van der Waals surface area contributed by atoms with Crippen molar-refractivity contribution >= 4 is 39.1 Å². The second-order valence-corrected chi connectivity index (χ2v) is 5.32. The number of halogens is 3. The predicted octanol–water partition coefficient (Wildman–Crippen LogP) is 3.72. The highest BCUT2D eigenvalue weighted by Crippen LogP contribution is 2.18. The smallest absolute Gasteiger partial charge is 0.287 e. The van der Waals surface area contributed by atoms with Crippen LogP contribution in [0.4, 0.5) is 4.39 Å². The Morgan fingerprint density at radius 3 is 2.80 bits per heavy atom. The van der Waals surface area contributed by atoms with Crippen LogP contribution < -0.4 is 5.43 Å². The van der Waals surface area contributed by atoms with Gasteiger partial charge in [-0.3, -0.25) is 4.79 Å². The number of amides is 1. The van der Waals surface area contributed by atoms with Crippen LogP contribution in [0.2, 0.25) is 5.02 Å². The second kappa shape index (κ2) is 6.19. The molecule has 4 nitrogen and oxygen atoms in total. The predicted molar refractivity (Wildman–Crippen MR) is 79.6 cm³/mol. The van der Waals surface area contributed by atoms with Gasteiger partial charge in [0.05, 0.1) is 10.7 Å². The van der Waals surface area contributed by atoms with Crippen LogP contribution >= 0.6 is 27.5 Å². The summed E-state index contributed by atoms with van der Waals surface area (Å²) < 4.78 is 13.7. The third-order valence-electron chi connectivity index (χ3n) is 2.54. The van der Waals surface area contributed by atoms with Gasteiger partial charge in [0.1, 0.15) is 11.5 Å². The van der Waals surface area contributed by atoms with Gasteiger partial charge in [0.2, 0.25) is 0 Å². The molecule has 0 spiro atoms. The summed E-state index contributed by atoms with van der Waals surface area (Å²) in [6.07, 6.45) is 1.64. The molecule has 0 aliphatic carbocycles. The maximum atomic E-state index is 12.9. The molecule has 1 aromatic heterocycles. The highest BCUT2D eigenvalue weighted by Gasteiger charge is 2.09. The maximum Gasteiger partial charge on any atom is 0.287 e. The van der Waals surface area contributed by atoms with Crippen LogP contribution in [-0.2, 0) is 0 Å². The van der Waals surface area contributed by atoms with Crippen LogP contribution in [0, 0.1) is 5.82 Å². The molecular weight excluding hydrogens is 349 g/mol. The highest BCUT2D eigenvalue weighted by molar-refractivity contribution is 9.10. The molecular formula is C13H10BrClFN3O. The Kier molecular flexibility index (Phi) is 4.57. The average molecular weight is 359 g/mol. The van der Waals surface area contributed by atoms with Crippen molar-refractivity contribution in [2.24, 2.45) is 5.10 Å². The number of aromatic amines is 1. The van der Waals surface area contributed by atoms with Gasteiger partial charge >= 0.3 is 0 Å². The van der Waals surface area contributed by atoms with Crippen molar-refractivity contribution in [3.63, 3.8) is 0 Å². The Morgan fingerprint density at radius 2 is 2.20 bits per heavy atom. The summed E-state index contributed by atoms with van der Waals surface area (Å²) in [5, 5.41) is 4.18. The third-order valence-corrected chi connectivity index (χ3v) is 3.31. The molecule has 0 saturated carbocycles. The molecule has 0 atom stereocenters. The Morgan fingerprint density at radius 1 is 1.45 bits per heavy atom. The summed E-state index contributed by atoms with van der Waals surface area (Å²) in [6.45, 7) is 1.67. The molecule has 0 fully saturated rings. The minimum absolute atomic E-state index is 0.239. The average Bonchev–Trinajstić information content (AvgIpc) is 2.82. The van der Waals surface area contributed by atoms with Gasteiger partial charge in [0.15, 0.2) is 0 Å². The number of benzene rings is 1. The quantitative estimate of drug-likeness (QED) is 0.637. The molecule has 7 heteroatoms. The molecule has 0 bridgehead atoms. The molecule has 1 heterocycles. The molecule has 1 amide bonds. The Bertz CT molecular complexity index is 684. The number of hydrogen-bond donors (Lipinski definition) is 2. The number of hydrogen-bond acceptors (Lipinski definition) is 2. The van der Waals surface area contributed by atoms with E-state index in [1.807, 2.05) is 0 Å². The van der Waals surface area contributed by atoms with E-state index in [9.17, 15) is 9.18 Å². The molecule has 2 rings (SSSR count). The number of aromatic nitrogens is 1. The lowest BCUT2D eigenvalue weighted by atomic mass is 10.1. The van der Waals surface area contributed by atoms with Gasteiger partial charge in [0, 0.05) is 16.2 Å². The zero-order chi connectivity index (χ0) is 14.7. The van der Waals surface area contributed by atoms with E-state index in [1.165, 1.54) is 18.2 Å². The first kappa shape index (κ1) is 14.7. The zero-order valence-electron chi connectivity index (χ0n) is 10.4. The van der Waals surface area contributed by atoms with Crippen LogP contribution in [0.1, 0.15) is 23.0 Å². The van der Waals surface area contributed by atoms with Crippen molar-refractivity contribution in [3.05, 3.63) is 57.0 Å². The van der Waals surface area contributed by atoms with Gasteiger partial charge in [0.25, 0.3) is 5.91 Å². The minimum Gasteiger partial charge on any atom is -0.356 e. The van der Waals surface area contributed by atoms with Crippen molar-refractivity contribution in [2.45, 2.75) is 6.92 Å². The van der Waals surface area contributed by atoms with E-state index >= 15 is 0 Å². The minimum atomic E-state index is -0.424. The maximum absolute atomic E-state index is 12.9. The number of carbonyl (C=O) groups excluding carboxylic acids is 1. The Labute approximate surface area is 128 Å². The number of H-pyrrole nitrogens is 1. The first-order valence-corrected chi connectivity index (χ1v) is 6.78. The first-order valence-electron chi connectivity index (χ1n) is 5.61. The molecule has 1 aromatic carbocycles. The van der Waals surface area contributed by atoms with E-state index in [0.717, 1.165) is 4.47 Å². The van der Waals surface area contributed by atoms with Crippen LogP contribution in [0.25, 0.3) is 0 Å². The topological polar surface area (TPSA) is 57.2 Å². The normalized spacial score (nSPS) is 11.5. The molecule has 104 valence electrons. The van der Waals surface area contributed by atoms with E-state index in [2.05, 4.69) is 31.4 Å². The summed E-state index contributed by atoms with van der Waals surface area (Å²) in [7, 11) is 0. The van der Waals surface area contributed by atoms with E-state index in [0.29, 0.717) is 17.0 Å². The van der Waals surface area contributed by atoms with Gasteiger partial charge < -0.3 is 4.98 Å². The van der Waals surface area contributed by atoms with Crippen molar-refractivity contribution in [1.29, 1.82) is 0 Å². The summed E-state index contributed by atoms with van der Waals surface area (Å²) in [6, 6.07) is 5.61. The highest BCUT2D eigenvalue weighted by atomic mass is 79.9. The van der Waals surface area contributed by atoms with Crippen molar-refractivity contribution < 1.29 is 9.18 Å². The molecule has 0 radical (unpaired) electrons. The molecule has 0 aliphatic rings. The van der Waals surface area contributed by atoms with Crippen LogP contribution in [0.15, 0.2) is 40.0 Å². The molecule has 0 aliphatic heterocycles. The van der Waals surface area contributed by atoms with Crippen LogP contribution in [-0.4, -0.2) is 16.6 Å². The van der Waals surface area contributed by atoms with Gasteiger partial charge in [-0.05, 0) is 47.1 Å². The SMILES string of the molecule is C/C(=N/NC(=O)c1cc(Br)c[nH]1)c1ccc(F)cc1Cl. The summed E-state index contributed by atoms with van der Waals surface area (Å²) in [5.74, 6) is -0.805. The monoisotopic (exact) mass is 357 g/mol. The van der Waals surface area contributed by atoms with E-state index < -0.39 is 5.82 Å². The fourth-order valence-corrected chi connectivity index (χ4v) is 2.18. The third kappa shape index (κ3) is 3.46. The van der Waals surface area contributed by atoms with E-state index in [4.69, 9.17) is 11.6 Å². The molecule has 20 heavy (non-hydrogen) atoms. The van der Waals surface area contributed by atoms with Gasteiger partial charge in [-0.15, -0.1) is 0 Å². The van der Waals surface area contributed by atoms with Crippen LogP contribution in [0.5, 0.6) is 0 Å².